The van der Waals surface area contributed by atoms with Crippen molar-refractivity contribution in [3.63, 3.8) is 0 Å². The molecule has 1 rings (SSSR count). The fourth-order valence-corrected chi connectivity index (χ4v) is 2.62. The Hall–Kier alpha value is -0.660. The van der Waals surface area contributed by atoms with Gasteiger partial charge < -0.3 is 0 Å². The summed E-state index contributed by atoms with van der Waals surface area (Å²) in [6.07, 6.45) is 1.54. The maximum atomic E-state index is 11.8. The Balaban J connectivity index is 2.84. The van der Waals surface area contributed by atoms with Gasteiger partial charge in [-0.3, -0.25) is 4.72 Å². The Morgan fingerprint density at radius 2 is 2.00 bits per heavy atom. The number of nitrogens with one attached hydrogen (secondary N) is 1. The molecule has 0 saturated heterocycles. The molecule has 0 unspecified atom stereocenters. The lowest BCUT2D eigenvalue weighted by Crippen LogP contribution is -2.35. The average Bonchev–Trinajstić information content (AvgIpc) is 2.22. The van der Waals surface area contributed by atoms with Crippen molar-refractivity contribution in [3.8, 4) is 0 Å². The SMILES string of the molecule is CCN(CC)S(=O)(=O)Nc1ccc(Br)cn1. The normalized spacial score (nSPS) is 11.8. The molecule has 90 valence electrons. The number of halogens is 1. The Bertz CT molecular complexity index is 429. The van der Waals surface area contributed by atoms with Gasteiger partial charge in [0, 0.05) is 23.8 Å². The van der Waals surface area contributed by atoms with E-state index in [0.717, 1.165) is 4.47 Å². The molecule has 0 aliphatic carbocycles. The molecule has 0 radical (unpaired) electrons. The van der Waals surface area contributed by atoms with Gasteiger partial charge in [-0.25, -0.2) is 4.98 Å². The Kier molecular flexibility index (Phi) is 4.69. The van der Waals surface area contributed by atoms with Gasteiger partial charge in [-0.05, 0) is 28.1 Å². The third-order valence-corrected chi connectivity index (χ3v) is 4.14. The van der Waals surface area contributed by atoms with Crippen molar-refractivity contribution in [2.75, 3.05) is 17.8 Å². The van der Waals surface area contributed by atoms with Crippen molar-refractivity contribution in [2.24, 2.45) is 0 Å². The molecule has 7 heteroatoms. The zero-order valence-electron chi connectivity index (χ0n) is 9.14. The van der Waals surface area contributed by atoms with Gasteiger partial charge in [-0.15, -0.1) is 0 Å². The van der Waals surface area contributed by atoms with Crippen LogP contribution in [0.5, 0.6) is 0 Å². The van der Waals surface area contributed by atoms with Crippen LogP contribution in [0.25, 0.3) is 0 Å². The first-order valence-corrected chi connectivity index (χ1v) is 7.12. The molecule has 1 heterocycles. The summed E-state index contributed by atoms with van der Waals surface area (Å²) >= 11 is 3.23. The van der Waals surface area contributed by atoms with Crippen LogP contribution in [-0.2, 0) is 10.2 Å². The van der Waals surface area contributed by atoms with E-state index < -0.39 is 10.2 Å². The van der Waals surface area contributed by atoms with Gasteiger partial charge in [0.1, 0.15) is 5.82 Å². The highest BCUT2D eigenvalue weighted by atomic mass is 79.9. The van der Waals surface area contributed by atoms with Gasteiger partial charge in [0.05, 0.1) is 0 Å². The fraction of sp³-hybridized carbons (Fsp3) is 0.444. The van der Waals surface area contributed by atoms with Crippen LogP contribution in [0.3, 0.4) is 0 Å². The van der Waals surface area contributed by atoms with Crippen molar-refractivity contribution >= 4 is 32.0 Å². The summed E-state index contributed by atoms with van der Waals surface area (Å²) in [4.78, 5) is 3.95. The lowest BCUT2D eigenvalue weighted by Gasteiger charge is -2.18. The van der Waals surface area contributed by atoms with E-state index in [-0.39, 0.29) is 0 Å². The summed E-state index contributed by atoms with van der Waals surface area (Å²) in [6.45, 7) is 4.44. The maximum absolute atomic E-state index is 11.8. The lowest BCUT2D eigenvalue weighted by atomic mass is 10.5. The number of hydrogen-bond donors (Lipinski definition) is 1. The average molecular weight is 308 g/mol. The molecule has 0 saturated carbocycles. The highest BCUT2D eigenvalue weighted by Gasteiger charge is 2.18. The second-order valence-electron chi connectivity index (χ2n) is 3.05. The number of rotatable bonds is 5. The van der Waals surface area contributed by atoms with E-state index in [4.69, 9.17) is 0 Å². The largest absolute Gasteiger partial charge is 0.302 e. The third kappa shape index (κ3) is 3.43. The van der Waals surface area contributed by atoms with Gasteiger partial charge in [0.15, 0.2) is 0 Å². The zero-order chi connectivity index (χ0) is 12.2. The van der Waals surface area contributed by atoms with Crippen LogP contribution < -0.4 is 4.72 Å². The minimum atomic E-state index is -3.48. The monoisotopic (exact) mass is 307 g/mol. The molecule has 0 aromatic carbocycles. The third-order valence-electron chi connectivity index (χ3n) is 2.01. The van der Waals surface area contributed by atoms with Crippen LogP contribution in [0.4, 0.5) is 5.82 Å². The van der Waals surface area contributed by atoms with Gasteiger partial charge in [0.2, 0.25) is 0 Å². The van der Waals surface area contributed by atoms with E-state index in [1.54, 1.807) is 32.2 Å². The quantitative estimate of drug-likeness (QED) is 0.903. The van der Waals surface area contributed by atoms with Crippen LogP contribution in [0.2, 0.25) is 0 Å². The zero-order valence-corrected chi connectivity index (χ0v) is 11.5. The first-order valence-electron chi connectivity index (χ1n) is 4.89. The van der Waals surface area contributed by atoms with E-state index in [0.29, 0.717) is 18.9 Å². The molecule has 1 aromatic heterocycles. The van der Waals surface area contributed by atoms with Crippen LogP contribution in [0, 0.1) is 0 Å². The van der Waals surface area contributed by atoms with Crippen molar-refractivity contribution in [3.05, 3.63) is 22.8 Å². The van der Waals surface area contributed by atoms with E-state index in [2.05, 4.69) is 25.6 Å². The highest BCUT2D eigenvalue weighted by Crippen LogP contribution is 2.12. The lowest BCUT2D eigenvalue weighted by molar-refractivity contribution is 0.449. The molecule has 0 fully saturated rings. The molecule has 1 aromatic rings. The molecule has 0 atom stereocenters. The number of pyridine rings is 1. The minimum Gasteiger partial charge on any atom is -0.254 e. The first-order chi connectivity index (χ1) is 7.49. The molecule has 16 heavy (non-hydrogen) atoms. The minimum absolute atomic E-state index is 0.315. The molecular weight excluding hydrogens is 294 g/mol. The molecule has 5 nitrogen and oxygen atoms in total. The van der Waals surface area contributed by atoms with Crippen molar-refractivity contribution < 1.29 is 8.42 Å². The van der Waals surface area contributed by atoms with E-state index >= 15 is 0 Å². The summed E-state index contributed by atoms with van der Waals surface area (Å²) in [5.74, 6) is 0.315. The standard InChI is InChI=1S/C9H14BrN3O2S/c1-3-13(4-2)16(14,15)12-9-6-5-8(10)7-11-9/h5-7H,3-4H2,1-2H3,(H,11,12). The summed E-state index contributed by atoms with van der Waals surface area (Å²) in [5, 5.41) is 0. The van der Waals surface area contributed by atoms with Crippen molar-refractivity contribution in [1.29, 1.82) is 0 Å². The number of aromatic nitrogens is 1. The molecule has 1 N–H and O–H groups in total. The molecule has 0 amide bonds. The molecule has 0 bridgehead atoms. The summed E-state index contributed by atoms with van der Waals surface area (Å²) in [5.41, 5.74) is 0. The van der Waals surface area contributed by atoms with Crippen LogP contribution in [-0.4, -0.2) is 30.8 Å². The predicted molar refractivity (Wildman–Crippen MR) is 67.4 cm³/mol. The van der Waals surface area contributed by atoms with Crippen LogP contribution in [0.1, 0.15) is 13.8 Å². The van der Waals surface area contributed by atoms with Gasteiger partial charge in [-0.2, -0.15) is 12.7 Å². The number of nitrogens with zero attached hydrogens (tertiary/aromatic N) is 2. The maximum Gasteiger partial charge on any atom is 0.302 e. The van der Waals surface area contributed by atoms with Gasteiger partial charge >= 0.3 is 10.2 Å². The molecule has 0 aliphatic rings. The first kappa shape index (κ1) is 13.4. The molecule has 0 aliphatic heterocycles. The smallest absolute Gasteiger partial charge is 0.254 e. The van der Waals surface area contributed by atoms with Crippen molar-refractivity contribution in [1.82, 2.24) is 9.29 Å². The Morgan fingerprint density at radius 1 is 1.38 bits per heavy atom. The molecular formula is C9H14BrN3O2S. The Labute approximate surface area is 104 Å². The molecule has 0 spiro atoms. The Morgan fingerprint density at radius 3 is 2.44 bits per heavy atom. The highest BCUT2D eigenvalue weighted by molar-refractivity contribution is 9.10. The predicted octanol–water partition coefficient (Wildman–Crippen LogP) is 1.84. The van der Waals surface area contributed by atoms with Gasteiger partial charge in [0.25, 0.3) is 0 Å². The van der Waals surface area contributed by atoms with E-state index in [1.165, 1.54) is 4.31 Å². The summed E-state index contributed by atoms with van der Waals surface area (Å²) in [7, 11) is -3.48. The van der Waals surface area contributed by atoms with Gasteiger partial charge in [-0.1, -0.05) is 13.8 Å². The number of hydrogen-bond acceptors (Lipinski definition) is 3. The topological polar surface area (TPSA) is 62.3 Å². The van der Waals surface area contributed by atoms with Crippen LogP contribution >= 0.6 is 15.9 Å². The second-order valence-corrected chi connectivity index (χ2v) is 5.64. The van der Waals surface area contributed by atoms with E-state index in [9.17, 15) is 8.42 Å². The summed E-state index contributed by atoms with van der Waals surface area (Å²) < 4.78 is 28.2. The number of anilines is 1. The van der Waals surface area contributed by atoms with Crippen molar-refractivity contribution in [2.45, 2.75) is 13.8 Å². The summed E-state index contributed by atoms with van der Waals surface area (Å²) in [6, 6.07) is 3.33. The fourth-order valence-electron chi connectivity index (χ4n) is 1.20. The van der Waals surface area contributed by atoms with Crippen LogP contribution in [0.15, 0.2) is 22.8 Å². The van der Waals surface area contributed by atoms with E-state index in [1.807, 2.05) is 0 Å². The second kappa shape index (κ2) is 5.60.